The summed E-state index contributed by atoms with van der Waals surface area (Å²) in [6.45, 7) is 7.06. The number of aryl methyl sites for hydroxylation is 2. The Labute approximate surface area is 164 Å². The molecule has 1 N–H and O–H groups in total. The van der Waals surface area contributed by atoms with E-state index in [1.54, 1.807) is 15.9 Å². The summed E-state index contributed by atoms with van der Waals surface area (Å²) in [7, 11) is 0. The molecule has 0 atom stereocenters. The van der Waals surface area contributed by atoms with Gasteiger partial charge in [0.05, 0.1) is 11.1 Å². The van der Waals surface area contributed by atoms with E-state index >= 15 is 0 Å². The van der Waals surface area contributed by atoms with Crippen molar-refractivity contribution in [2.75, 3.05) is 12.3 Å². The SMILES string of the molecule is CCn1c(SCC(=O)NCCc2cccs2)nc2sc(C)c(C)c2c1=O. The van der Waals surface area contributed by atoms with Gasteiger partial charge < -0.3 is 5.32 Å². The van der Waals surface area contributed by atoms with Gasteiger partial charge in [-0.1, -0.05) is 17.8 Å². The van der Waals surface area contributed by atoms with Crippen molar-refractivity contribution in [3.05, 3.63) is 43.2 Å². The number of carbonyl (C=O) groups is 1. The van der Waals surface area contributed by atoms with Gasteiger partial charge in [0.1, 0.15) is 4.83 Å². The lowest BCUT2D eigenvalue weighted by Gasteiger charge is -2.10. The third-order valence-corrected chi connectivity index (χ3v) is 7.19. The summed E-state index contributed by atoms with van der Waals surface area (Å²) in [5.74, 6) is 0.216. The molecule has 0 unspecified atom stereocenters. The maximum atomic E-state index is 12.8. The summed E-state index contributed by atoms with van der Waals surface area (Å²) in [6.07, 6.45) is 0.839. The van der Waals surface area contributed by atoms with Gasteiger partial charge in [0.2, 0.25) is 5.91 Å². The largest absolute Gasteiger partial charge is 0.355 e. The lowest BCUT2D eigenvalue weighted by atomic mass is 10.2. The van der Waals surface area contributed by atoms with Crippen molar-refractivity contribution < 1.29 is 4.79 Å². The number of rotatable bonds is 7. The van der Waals surface area contributed by atoms with E-state index in [4.69, 9.17) is 0 Å². The monoisotopic (exact) mass is 407 g/mol. The van der Waals surface area contributed by atoms with Gasteiger partial charge in [0.25, 0.3) is 5.56 Å². The number of carbonyl (C=O) groups excluding carboxylic acids is 1. The predicted molar refractivity (Wildman–Crippen MR) is 111 cm³/mol. The molecule has 0 aliphatic rings. The number of thioether (sulfide) groups is 1. The number of nitrogens with one attached hydrogen (secondary N) is 1. The van der Waals surface area contributed by atoms with E-state index in [-0.39, 0.29) is 17.2 Å². The molecule has 3 rings (SSSR count). The quantitative estimate of drug-likeness (QED) is 0.480. The molecule has 0 saturated carbocycles. The van der Waals surface area contributed by atoms with Gasteiger partial charge >= 0.3 is 0 Å². The zero-order valence-electron chi connectivity index (χ0n) is 15.0. The average Bonchev–Trinajstić information content (AvgIpc) is 3.22. The van der Waals surface area contributed by atoms with Gasteiger partial charge in [-0.05, 0) is 44.2 Å². The molecular formula is C18H21N3O2S3. The molecule has 1 amide bonds. The number of hydrogen-bond acceptors (Lipinski definition) is 6. The van der Waals surface area contributed by atoms with Crippen LogP contribution in [0.1, 0.15) is 22.2 Å². The molecule has 0 aromatic carbocycles. The van der Waals surface area contributed by atoms with Crippen LogP contribution >= 0.6 is 34.4 Å². The molecule has 26 heavy (non-hydrogen) atoms. The molecule has 8 heteroatoms. The summed E-state index contributed by atoms with van der Waals surface area (Å²) in [5.41, 5.74) is 0.993. The Kier molecular flexibility index (Phi) is 6.16. The van der Waals surface area contributed by atoms with Gasteiger partial charge in [-0.3, -0.25) is 14.2 Å². The first kappa shape index (κ1) is 19.1. The van der Waals surface area contributed by atoms with Crippen molar-refractivity contribution in [3.8, 4) is 0 Å². The second kappa shape index (κ2) is 8.37. The fourth-order valence-electron chi connectivity index (χ4n) is 2.66. The van der Waals surface area contributed by atoms with Crippen molar-refractivity contribution in [2.45, 2.75) is 38.9 Å². The van der Waals surface area contributed by atoms with Crippen LogP contribution in [-0.4, -0.2) is 27.8 Å². The first-order valence-corrected chi connectivity index (χ1v) is 11.1. The molecule has 3 aromatic heterocycles. The number of nitrogens with zero attached hydrogens (tertiary/aromatic N) is 2. The highest BCUT2D eigenvalue weighted by Crippen LogP contribution is 2.28. The number of amides is 1. The molecule has 3 aromatic rings. The maximum absolute atomic E-state index is 12.8. The molecule has 0 radical (unpaired) electrons. The molecular weight excluding hydrogens is 386 g/mol. The van der Waals surface area contributed by atoms with Crippen molar-refractivity contribution in [1.29, 1.82) is 0 Å². The number of aromatic nitrogens is 2. The van der Waals surface area contributed by atoms with Crippen LogP contribution in [0.3, 0.4) is 0 Å². The average molecular weight is 408 g/mol. The lowest BCUT2D eigenvalue weighted by Crippen LogP contribution is -2.28. The Bertz CT molecular complexity index is 974. The van der Waals surface area contributed by atoms with Gasteiger partial charge in [-0.15, -0.1) is 22.7 Å². The normalized spacial score (nSPS) is 11.2. The second-order valence-corrected chi connectivity index (χ2v) is 9.05. The molecule has 0 saturated heterocycles. The van der Waals surface area contributed by atoms with E-state index in [1.807, 2.05) is 32.2 Å². The molecule has 3 heterocycles. The van der Waals surface area contributed by atoms with Crippen LogP contribution in [0, 0.1) is 13.8 Å². The molecule has 0 bridgehead atoms. The van der Waals surface area contributed by atoms with Gasteiger partial charge in [0.15, 0.2) is 5.16 Å². The highest BCUT2D eigenvalue weighted by Gasteiger charge is 2.16. The zero-order valence-corrected chi connectivity index (χ0v) is 17.4. The van der Waals surface area contributed by atoms with Crippen LogP contribution in [-0.2, 0) is 17.8 Å². The third kappa shape index (κ3) is 4.02. The van der Waals surface area contributed by atoms with E-state index in [9.17, 15) is 9.59 Å². The summed E-state index contributed by atoms with van der Waals surface area (Å²) in [5, 5.41) is 6.28. The number of thiophene rings is 2. The Balaban J connectivity index is 1.68. The Morgan fingerprint density at radius 2 is 2.19 bits per heavy atom. The highest BCUT2D eigenvalue weighted by molar-refractivity contribution is 7.99. The smallest absolute Gasteiger partial charge is 0.263 e. The minimum atomic E-state index is -0.0397. The Morgan fingerprint density at radius 3 is 2.88 bits per heavy atom. The minimum Gasteiger partial charge on any atom is -0.355 e. The van der Waals surface area contributed by atoms with Crippen LogP contribution in [0.15, 0.2) is 27.5 Å². The number of hydrogen-bond donors (Lipinski definition) is 1. The fraction of sp³-hybridized carbons (Fsp3) is 0.389. The van der Waals surface area contributed by atoms with Crippen molar-refractivity contribution in [1.82, 2.24) is 14.9 Å². The van der Waals surface area contributed by atoms with E-state index in [0.717, 1.165) is 21.7 Å². The summed E-state index contributed by atoms with van der Waals surface area (Å²) in [6, 6.07) is 4.08. The van der Waals surface area contributed by atoms with E-state index in [2.05, 4.69) is 16.4 Å². The van der Waals surface area contributed by atoms with E-state index in [1.165, 1.54) is 28.0 Å². The fourth-order valence-corrected chi connectivity index (χ4v) is 5.33. The predicted octanol–water partition coefficient (Wildman–Crippen LogP) is 3.61. The molecule has 138 valence electrons. The lowest BCUT2D eigenvalue weighted by molar-refractivity contribution is -0.118. The molecule has 0 aliphatic carbocycles. The van der Waals surface area contributed by atoms with Crippen LogP contribution < -0.4 is 10.9 Å². The topological polar surface area (TPSA) is 64.0 Å². The second-order valence-electron chi connectivity index (χ2n) is 5.88. The van der Waals surface area contributed by atoms with Crippen LogP contribution in [0.5, 0.6) is 0 Å². The van der Waals surface area contributed by atoms with Crippen LogP contribution in [0.2, 0.25) is 0 Å². The van der Waals surface area contributed by atoms with E-state index < -0.39 is 0 Å². The molecule has 0 fully saturated rings. The molecule has 0 aliphatic heterocycles. The van der Waals surface area contributed by atoms with Crippen LogP contribution in [0.25, 0.3) is 10.2 Å². The first-order valence-electron chi connectivity index (χ1n) is 8.43. The van der Waals surface area contributed by atoms with Crippen molar-refractivity contribution in [3.63, 3.8) is 0 Å². The summed E-state index contributed by atoms with van der Waals surface area (Å²) < 4.78 is 1.66. The Hall–Kier alpha value is -1.64. The maximum Gasteiger partial charge on any atom is 0.263 e. The third-order valence-electron chi connectivity index (χ3n) is 4.18. The summed E-state index contributed by atoms with van der Waals surface area (Å²) >= 11 is 4.55. The van der Waals surface area contributed by atoms with Crippen molar-refractivity contribution in [2.24, 2.45) is 0 Å². The van der Waals surface area contributed by atoms with Gasteiger partial charge in [-0.2, -0.15) is 0 Å². The van der Waals surface area contributed by atoms with Crippen LogP contribution in [0.4, 0.5) is 0 Å². The molecule has 0 spiro atoms. The van der Waals surface area contributed by atoms with E-state index in [0.29, 0.717) is 23.6 Å². The Morgan fingerprint density at radius 1 is 1.38 bits per heavy atom. The van der Waals surface area contributed by atoms with Gasteiger partial charge in [-0.25, -0.2) is 4.98 Å². The minimum absolute atomic E-state index is 0.0139. The summed E-state index contributed by atoms with van der Waals surface area (Å²) in [4.78, 5) is 32.7. The number of fused-ring (bicyclic) bond motifs is 1. The highest BCUT2D eigenvalue weighted by atomic mass is 32.2. The van der Waals surface area contributed by atoms with Gasteiger partial charge in [0, 0.05) is 22.8 Å². The zero-order chi connectivity index (χ0) is 18.7. The standard InChI is InChI=1S/C18H21N3O2S3/c1-4-21-17(23)15-11(2)12(3)26-16(15)20-18(21)25-10-14(22)19-8-7-13-6-5-9-24-13/h5-6,9H,4,7-8,10H2,1-3H3,(H,19,22). The van der Waals surface area contributed by atoms with Crippen molar-refractivity contribution >= 4 is 50.6 Å². The molecule has 5 nitrogen and oxygen atoms in total. The first-order chi connectivity index (χ1) is 12.5.